The van der Waals surface area contributed by atoms with Crippen molar-refractivity contribution in [3.63, 3.8) is 0 Å². The van der Waals surface area contributed by atoms with Crippen LogP contribution in [-0.4, -0.2) is 53.1 Å². The summed E-state index contributed by atoms with van der Waals surface area (Å²) in [5, 5.41) is 2.35. The van der Waals surface area contributed by atoms with E-state index in [1.54, 1.807) is 18.1 Å². The van der Waals surface area contributed by atoms with E-state index in [2.05, 4.69) is 24.0 Å². The van der Waals surface area contributed by atoms with Crippen LogP contribution >= 0.6 is 0 Å². The highest BCUT2D eigenvalue weighted by molar-refractivity contribution is 5.42. The molecule has 5 nitrogen and oxygen atoms in total. The number of rotatable bonds is 9. The summed E-state index contributed by atoms with van der Waals surface area (Å²) in [7, 11) is 1.67. The number of methoxy groups -OCH3 is 1. The van der Waals surface area contributed by atoms with Crippen LogP contribution in [0.25, 0.3) is 0 Å². The molecule has 0 aliphatic carbocycles. The lowest BCUT2D eigenvalue weighted by atomic mass is 10.2. The van der Waals surface area contributed by atoms with Gasteiger partial charge in [0.1, 0.15) is 39.3 Å². The van der Waals surface area contributed by atoms with Crippen LogP contribution < -0.4 is 19.7 Å². The monoisotopic (exact) mass is 308 g/mol. The smallest absolute Gasteiger partial charge is 0.161 e. The second-order valence-electron chi connectivity index (χ2n) is 5.48. The lowest BCUT2D eigenvalue weighted by molar-refractivity contribution is -0.920. The minimum atomic E-state index is 0.490. The maximum absolute atomic E-state index is 5.57. The van der Waals surface area contributed by atoms with E-state index >= 15 is 0 Å². The second kappa shape index (κ2) is 9.46. The van der Waals surface area contributed by atoms with Gasteiger partial charge in [0.05, 0.1) is 20.3 Å². The molecule has 1 aromatic carbocycles. The van der Waals surface area contributed by atoms with Gasteiger partial charge in [0.15, 0.2) is 11.5 Å². The third-order valence-electron chi connectivity index (χ3n) is 3.87. The number of hydrogen-bond donors (Lipinski definition) is 2. The summed E-state index contributed by atoms with van der Waals surface area (Å²) >= 11 is 0. The van der Waals surface area contributed by atoms with Crippen molar-refractivity contribution in [1.29, 1.82) is 0 Å². The molecule has 1 heterocycles. The van der Waals surface area contributed by atoms with E-state index in [4.69, 9.17) is 14.2 Å². The third-order valence-corrected chi connectivity index (χ3v) is 3.87. The van der Waals surface area contributed by atoms with E-state index in [9.17, 15) is 0 Å². The van der Waals surface area contributed by atoms with Crippen LogP contribution in [0.15, 0.2) is 30.9 Å². The number of morpholine rings is 1. The molecule has 1 aliphatic heterocycles. The number of quaternary nitrogens is 2. The first-order chi connectivity index (χ1) is 10.8. The van der Waals surface area contributed by atoms with Gasteiger partial charge in [-0.15, -0.1) is 0 Å². The molecule has 5 heteroatoms. The lowest BCUT2D eigenvalue weighted by Crippen LogP contribution is -3.16. The van der Waals surface area contributed by atoms with Crippen LogP contribution in [0.2, 0.25) is 0 Å². The van der Waals surface area contributed by atoms with Crippen molar-refractivity contribution in [2.75, 3.05) is 53.1 Å². The van der Waals surface area contributed by atoms with E-state index in [0.717, 1.165) is 50.9 Å². The molecule has 122 valence electrons. The van der Waals surface area contributed by atoms with E-state index in [1.165, 1.54) is 12.1 Å². The van der Waals surface area contributed by atoms with E-state index in [0.29, 0.717) is 6.61 Å². The number of benzene rings is 1. The second-order valence-corrected chi connectivity index (χ2v) is 5.48. The lowest BCUT2D eigenvalue weighted by Gasteiger charge is -2.22. The highest BCUT2D eigenvalue weighted by Gasteiger charge is 2.13. The average molecular weight is 308 g/mol. The summed E-state index contributed by atoms with van der Waals surface area (Å²) in [4.78, 5) is 1.65. The Balaban J connectivity index is 1.75. The standard InChI is InChI=1S/C17H26N2O3/c1-3-10-22-16-5-4-15(13-17(16)20-2)14-18-6-7-19-8-11-21-12-9-19/h3-5,13,18H,1,6-12,14H2,2H3/p+2. The first-order valence-electron chi connectivity index (χ1n) is 7.97. The molecule has 0 aromatic heterocycles. The van der Waals surface area contributed by atoms with E-state index in [-0.39, 0.29) is 0 Å². The quantitative estimate of drug-likeness (QED) is 0.466. The van der Waals surface area contributed by atoms with Crippen molar-refractivity contribution < 1.29 is 24.4 Å². The summed E-state index contributed by atoms with van der Waals surface area (Å²) in [6.07, 6.45) is 1.73. The van der Waals surface area contributed by atoms with E-state index < -0.39 is 0 Å². The van der Waals surface area contributed by atoms with Crippen molar-refractivity contribution >= 4 is 0 Å². The first-order valence-corrected chi connectivity index (χ1v) is 7.97. The normalized spacial score (nSPS) is 15.5. The molecule has 0 atom stereocenters. The zero-order valence-electron chi connectivity index (χ0n) is 13.5. The molecule has 22 heavy (non-hydrogen) atoms. The molecule has 2 rings (SSSR count). The molecular weight excluding hydrogens is 280 g/mol. The summed E-state index contributed by atoms with van der Waals surface area (Å²) in [6, 6.07) is 6.12. The highest BCUT2D eigenvalue weighted by Crippen LogP contribution is 2.27. The fraction of sp³-hybridized carbons (Fsp3) is 0.529. The molecule has 1 aliphatic rings. The molecule has 0 saturated carbocycles. The molecule has 0 spiro atoms. The van der Waals surface area contributed by atoms with Crippen molar-refractivity contribution in [3.8, 4) is 11.5 Å². The van der Waals surface area contributed by atoms with Gasteiger partial charge in [-0.3, -0.25) is 0 Å². The van der Waals surface area contributed by atoms with Gasteiger partial charge in [0.2, 0.25) is 0 Å². The highest BCUT2D eigenvalue weighted by atomic mass is 16.5. The molecule has 3 N–H and O–H groups in total. The molecule has 1 fully saturated rings. The Morgan fingerprint density at radius 1 is 1.32 bits per heavy atom. The van der Waals surface area contributed by atoms with Crippen molar-refractivity contribution in [2.24, 2.45) is 0 Å². The maximum atomic E-state index is 5.57. The molecule has 0 amide bonds. The number of ether oxygens (including phenoxy) is 3. The Kier molecular flexibility index (Phi) is 7.22. The van der Waals surface area contributed by atoms with Gasteiger partial charge in [-0.2, -0.15) is 0 Å². The number of nitrogens with two attached hydrogens (primary N) is 1. The molecule has 0 bridgehead atoms. The minimum Gasteiger partial charge on any atom is -0.493 e. The zero-order valence-corrected chi connectivity index (χ0v) is 13.5. The molecular formula is C17H28N2O3+2. The zero-order chi connectivity index (χ0) is 15.6. The molecule has 0 radical (unpaired) electrons. The number of hydrogen-bond acceptors (Lipinski definition) is 3. The average Bonchev–Trinajstić information content (AvgIpc) is 2.58. The van der Waals surface area contributed by atoms with Crippen LogP contribution in [0.1, 0.15) is 5.56 Å². The SMILES string of the molecule is C=CCOc1ccc(C[NH2+]CC[NH+]2CCOCC2)cc1OC. The van der Waals surface area contributed by atoms with Crippen LogP contribution in [0.5, 0.6) is 11.5 Å². The Morgan fingerprint density at radius 2 is 2.14 bits per heavy atom. The Hall–Kier alpha value is -1.56. The van der Waals surface area contributed by atoms with Gasteiger partial charge in [-0.25, -0.2) is 0 Å². The van der Waals surface area contributed by atoms with Gasteiger partial charge in [0, 0.05) is 5.56 Å². The largest absolute Gasteiger partial charge is 0.493 e. The Bertz CT molecular complexity index is 459. The topological polar surface area (TPSA) is 48.7 Å². The van der Waals surface area contributed by atoms with Gasteiger partial charge < -0.3 is 24.4 Å². The Labute approximate surface area is 132 Å². The fourth-order valence-electron chi connectivity index (χ4n) is 2.59. The van der Waals surface area contributed by atoms with Crippen molar-refractivity contribution in [2.45, 2.75) is 6.54 Å². The summed E-state index contributed by atoms with van der Waals surface area (Å²) in [6.45, 7) is 11.5. The third kappa shape index (κ3) is 5.33. The van der Waals surface area contributed by atoms with Crippen LogP contribution in [-0.2, 0) is 11.3 Å². The predicted octanol–water partition coefficient (Wildman–Crippen LogP) is -0.761. The van der Waals surface area contributed by atoms with E-state index in [1.807, 2.05) is 6.07 Å². The minimum absolute atomic E-state index is 0.490. The van der Waals surface area contributed by atoms with Gasteiger partial charge in [-0.1, -0.05) is 12.7 Å². The first kappa shape index (κ1) is 16.8. The van der Waals surface area contributed by atoms with Crippen LogP contribution in [0.4, 0.5) is 0 Å². The summed E-state index contributed by atoms with van der Waals surface area (Å²) in [5.41, 5.74) is 1.25. The Morgan fingerprint density at radius 3 is 2.86 bits per heavy atom. The van der Waals surface area contributed by atoms with Gasteiger partial charge in [-0.05, 0) is 18.2 Å². The fourth-order valence-corrected chi connectivity index (χ4v) is 2.59. The predicted molar refractivity (Wildman–Crippen MR) is 85.6 cm³/mol. The van der Waals surface area contributed by atoms with Gasteiger partial charge in [0.25, 0.3) is 0 Å². The molecule has 0 unspecified atom stereocenters. The number of nitrogens with one attached hydrogen (secondary N) is 1. The van der Waals surface area contributed by atoms with Crippen molar-refractivity contribution in [1.82, 2.24) is 0 Å². The summed E-state index contributed by atoms with van der Waals surface area (Å²) in [5.74, 6) is 1.55. The van der Waals surface area contributed by atoms with Gasteiger partial charge >= 0.3 is 0 Å². The molecule has 1 saturated heterocycles. The van der Waals surface area contributed by atoms with Crippen molar-refractivity contribution in [3.05, 3.63) is 36.4 Å². The maximum Gasteiger partial charge on any atom is 0.161 e. The summed E-state index contributed by atoms with van der Waals surface area (Å²) < 4.78 is 16.3. The molecule has 1 aromatic rings. The van der Waals surface area contributed by atoms with Crippen LogP contribution in [0.3, 0.4) is 0 Å². The van der Waals surface area contributed by atoms with Crippen LogP contribution in [0, 0.1) is 0 Å².